The molecule has 2 saturated heterocycles. The summed E-state index contributed by atoms with van der Waals surface area (Å²) in [6.07, 6.45) is 2.50. The van der Waals surface area contributed by atoms with Gasteiger partial charge >= 0.3 is 15.5 Å². The summed E-state index contributed by atoms with van der Waals surface area (Å²) < 4.78 is 82.1. The molecule has 0 saturated carbocycles. The molecule has 0 aliphatic carbocycles. The molecular weight excluding hydrogens is 598 g/mol. The van der Waals surface area contributed by atoms with Crippen LogP contribution in [0, 0.1) is 0 Å². The highest BCUT2D eigenvalue weighted by Gasteiger charge is 2.50. The standard InChI is InChI=1S/C24H24Cl2F3N5O5S/c25-17-1-6-21(22(26)11-17)23(14-33-16-30-15-31-33)38-13-20(39-23)12-37-19-4-2-18(3-5-19)32-7-9-34(10-8-32)40(35,36)24(27,28)29/h1-6,11,15-16,20H,7-10,12-14H2. The van der Waals surface area contributed by atoms with E-state index in [4.69, 9.17) is 37.4 Å². The highest BCUT2D eigenvalue weighted by atomic mass is 35.5. The van der Waals surface area contributed by atoms with Gasteiger partial charge in [0.15, 0.2) is 0 Å². The lowest BCUT2D eigenvalue weighted by molar-refractivity contribution is -0.190. The molecule has 0 amide bonds. The molecule has 2 aliphatic heterocycles. The summed E-state index contributed by atoms with van der Waals surface area (Å²) in [7, 11) is -5.33. The Bertz CT molecular complexity index is 1420. The molecule has 2 fully saturated rings. The Hall–Kier alpha value is -2.62. The summed E-state index contributed by atoms with van der Waals surface area (Å²) in [5, 5.41) is 5.00. The first-order valence-corrected chi connectivity index (χ1v) is 14.3. The van der Waals surface area contributed by atoms with Gasteiger partial charge in [0.2, 0.25) is 5.79 Å². The largest absolute Gasteiger partial charge is 0.511 e. The van der Waals surface area contributed by atoms with Crippen LogP contribution in [0.25, 0.3) is 0 Å². The Morgan fingerprint density at radius 2 is 1.80 bits per heavy atom. The van der Waals surface area contributed by atoms with Crippen molar-refractivity contribution in [2.24, 2.45) is 0 Å². The summed E-state index contributed by atoms with van der Waals surface area (Å²) in [4.78, 5) is 5.78. The zero-order valence-corrected chi connectivity index (χ0v) is 23.1. The SMILES string of the molecule is O=S(=O)(N1CCN(c2ccc(OCC3COC(Cn4cncn4)(c4ccc(Cl)cc4Cl)O3)cc2)CC1)C(F)(F)F. The molecule has 3 heterocycles. The van der Waals surface area contributed by atoms with Gasteiger partial charge in [-0.15, -0.1) is 0 Å². The molecule has 40 heavy (non-hydrogen) atoms. The number of rotatable bonds is 8. The predicted octanol–water partition coefficient (Wildman–Crippen LogP) is 3.90. The first-order valence-electron chi connectivity index (χ1n) is 12.1. The van der Waals surface area contributed by atoms with Crippen LogP contribution >= 0.6 is 23.2 Å². The lowest BCUT2D eigenvalue weighted by Gasteiger charge is -2.35. The van der Waals surface area contributed by atoms with Crippen molar-refractivity contribution in [3.05, 3.63) is 70.7 Å². The van der Waals surface area contributed by atoms with Crippen molar-refractivity contribution >= 4 is 38.9 Å². The maximum Gasteiger partial charge on any atom is 0.511 e. The molecule has 216 valence electrons. The molecule has 2 atom stereocenters. The van der Waals surface area contributed by atoms with E-state index < -0.39 is 27.4 Å². The van der Waals surface area contributed by atoms with Crippen LogP contribution in [0.3, 0.4) is 0 Å². The Balaban J connectivity index is 1.19. The van der Waals surface area contributed by atoms with Crippen molar-refractivity contribution in [3.8, 4) is 5.75 Å². The number of halogens is 5. The second kappa shape index (κ2) is 11.3. The first kappa shape index (κ1) is 28.9. The fraction of sp³-hybridized carbons (Fsp3) is 0.417. The van der Waals surface area contributed by atoms with E-state index in [-0.39, 0.29) is 45.9 Å². The molecule has 0 spiro atoms. The molecule has 3 aromatic rings. The highest BCUT2D eigenvalue weighted by molar-refractivity contribution is 7.90. The molecule has 0 N–H and O–H groups in total. The maximum absolute atomic E-state index is 12.8. The molecule has 1 aromatic heterocycles. The zero-order valence-electron chi connectivity index (χ0n) is 20.8. The van der Waals surface area contributed by atoms with Gasteiger partial charge < -0.3 is 19.1 Å². The quantitative estimate of drug-likeness (QED) is 0.373. The number of anilines is 1. The molecule has 16 heteroatoms. The Kier molecular flexibility index (Phi) is 8.19. The van der Waals surface area contributed by atoms with Gasteiger partial charge in [0.1, 0.15) is 37.7 Å². The fourth-order valence-electron chi connectivity index (χ4n) is 4.56. The third kappa shape index (κ3) is 6.02. The number of nitrogens with zero attached hydrogens (tertiary/aromatic N) is 5. The van der Waals surface area contributed by atoms with E-state index in [1.54, 1.807) is 53.5 Å². The second-order valence-corrected chi connectivity index (χ2v) is 11.9. The van der Waals surface area contributed by atoms with Crippen LogP contribution in [0.2, 0.25) is 10.0 Å². The zero-order chi connectivity index (χ0) is 28.5. The lowest BCUT2D eigenvalue weighted by atomic mass is 10.1. The van der Waals surface area contributed by atoms with Crippen molar-refractivity contribution in [1.29, 1.82) is 0 Å². The third-order valence-corrected chi connectivity index (χ3v) is 8.72. The van der Waals surface area contributed by atoms with E-state index in [0.29, 0.717) is 25.7 Å². The van der Waals surface area contributed by atoms with Crippen molar-refractivity contribution in [2.75, 3.05) is 44.3 Å². The summed E-state index contributed by atoms with van der Waals surface area (Å²) in [5.74, 6) is -0.696. The number of sulfonamides is 1. The van der Waals surface area contributed by atoms with Crippen molar-refractivity contribution < 1.29 is 35.8 Å². The van der Waals surface area contributed by atoms with Gasteiger partial charge in [-0.25, -0.2) is 18.1 Å². The number of alkyl halides is 3. The highest BCUT2D eigenvalue weighted by Crippen LogP contribution is 2.40. The maximum atomic E-state index is 12.8. The fourth-order valence-corrected chi connectivity index (χ4v) is 6.05. The van der Waals surface area contributed by atoms with Gasteiger partial charge in [-0.05, 0) is 36.4 Å². The summed E-state index contributed by atoms with van der Waals surface area (Å²) in [6.45, 7) is 0.319. The van der Waals surface area contributed by atoms with Gasteiger partial charge in [0.25, 0.3) is 0 Å². The monoisotopic (exact) mass is 621 g/mol. The van der Waals surface area contributed by atoms with Crippen LogP contribution in [-0.2, 0) is 31.8 Å². The molecule has 2 aliphatic rings. The van der Waals surface area contributed by atoms with Crippen molar-refractivity contribution in [3.63, 3.8) is 0 Å². The van der Waals surface area contributed by atoms with E-state index in [2.05, 4.69) is 10.1 Å². The van der Waals surface area contributed by atoms with Gasteiger partial charge in [-0.2, -0.15) is 22.6 Å². The van der Waals surface area contributed by atoms with E-state index in [0.717, 1.165) is 5.69 Å². The predicted molar refractivity (Wildman–Crippen MR) is 140 cm³/mol. The molecule has 5 rings (SSSR count). The summed E-state index contributed by atoms with van der Waals surface area (Å²) in [5.41, 5.74) is -3.98. The van der Waals surface area contributed by atoms with Crippen LogP contribution in [-0.4, -0.2) is 78.5 Å². The minimum absolute atomic E-state index is 0.129. The van der Waals surface area contributed by atoms with Crippen LogP contribution in [0.5, 0.6) is 5.75 Å². The molecular formula is C24H24Cl2F3N5O5S. The van der Waals surface area contributed by atoms with Gasteiger partial charge in [-0.1, -0.05) is 29.3 Å². The Morgan fingerprint density at radius 1 is 1.07 bits per heavy atom. The van der Waals surface area contributed by atoms with Crippen LogP contribution in [0.1, 0.15) is 5.56 Å². The normalized spacial score (nSPS) is 22.5. The second-order valence-electron chi connectivity index (χ2n) is 9.16. The molecule has 0 bridgehead atoms. The third-order valence-electron chi connectivity index (χ3n) is 6.55. The Morgan fingerprint density at radius 3 is 2.42 bits per heavy atom. The summed E-state index contributed by atoms with van der Waals surface area (Å²) >= 11 is 12.6. The van der Waals surface area contributed by atoms with Crippen LogP contribution in [0.4, 0.5) is 18.9 Å². The molecule has 0 radical (unpaired) electrons. The van der Waals surface area contributed by atoms with E-state index in [1.807, 2.05) is 4.90 Å². The van der Waals surface area contributed by atoms with E-state index >= 15 is 0 Å². The summed E-state index contributed by atoms with van der Waals surface area (Å²) in [6, 6.07) is 12.0. The number of ether oxygens (including phenoxy) is 3. The van der Waals surface area contributed by atoms with Gasteiger partial charge in [0, 0.05) is 42.5 Å². The van der Waals surface area contributed by atoms with Crippen LogP contribution < -0.4 is 9.64 Å². The molecule has 10 nitrogen and oxygen atoms in total. The average molecular weight is 622 g/mol. The minimum Gasteiger partial charge on any atom is -0.491 e. The molecule has 2 unspecified atom stereocenters. The van der Waals surface area contributed by atoms with Gasteiger partial charge in [-0.3, -0.25) is 0 Å². The van der Waals surface area contributed by atoms with Crippen molar-refractivity contribution in [1.82, 2.24) is 19.1 Å². The lowest BCUT2D eigenvalue weighted by Crippen LogP contribution is -2.52. The number of aromatic nitrogens is 3. The minimum atomic E-state index is -5.33. The Labute approximate surface area is 238 Å². The number of hydrogen-bond donors (Lipinski definition) is 0. The smallest absolute Gasteiger partial charge is 0.491 e. The number of piperazine rings is 1. The van der Waals surface area contributed by atoms with Gasteiger partial charge in [0.05, 0.1) is 11.6 Å². The number of benzene rings is 2. The topological polar surface area (TPSA) is 99.0 Å². The van der Waals surface area contributed by atoms with E-state index in [1.165, 1.54) is 6.33 Å². The van der Waals surface area contributed by atoms with E-state index in [9.17, 15) is 21.6 Å². The number of hydrogen-bond acceptors (Lipinski definition) is 8. The van der Waals surface area contributed by atoms with Crippen LogP contribution in [0.15, 0.2) is 55.1 Å². The average Bonchev–Trinajstić information content (AvgIpc) is 3.58. The van der Waals surface area contributed by atoms with Crippen molar-refractivity contribution in [2.45, 2.75) is 23.9 Å². The first-order chi connectivity index (χ1) is 19.0. The molecule has 2 aromatic carbocycles.